The van der Waals surface area contributed by atoms with E-state index in [1.165, 1.54) is 6.92 Å². The molecule has 1 heterocycles. The zero-order valence-electron chi connectivity index (χ0n) is 16.2. The summed E-state index contributed by atoms with van der Waals surface area (Å²) in [6.07, 6.45) is 0.212. The molecule has 0 aliphatic rings. The van der Waals surface area contributed by atoms with Crippen molar-refractivity contribution < 1.29 is 14.3 Å². The second-order valence-electron chi connectivity index (χ2n) is 6.52. The number of nitrogens with one attached hydrogen (secondary N) is 1. The second kappa shape index (κ2) is 8.52. The van der Waals surface area contributed by atoms with Gasteiger partial charge in [0.2, 0.25) is 5.91 Å². The molecular formula is C22H23N3O3. The highest BCUT2D eigenvalue weighted by Crippen LogP contribution is 2.23. The van der Waals surface area contributed by atoms with E-state index in [1.54, 1.807) is 24.3 Å². The molecule has 0 radical (unpaired) electrons. The van der Waals surface area contributed by atoms with Crippen LogP contribution in [0.15, 0.2) is 54.6 Å². The van der Waals surface area contributed by atoms with E-state index in [9.17, 15) is 9.59 Å². The lowest BCUT2D eigenvalue weighted by Gasteiger charge is -2.09. The van der Waals surface area contributed by atoms with Crippen LogP contribution in [0.5, 0.6) is 5.75 Å². The summed E-state index contributed by atoms with van der Waals surface area (Å²) in [5.41, 5.74) is 3.93. The van der Waals surface area contributed by atoms with Crippen LogP contribution in [0.2, 0.25) is 0 Å². The molecule has 0 aliphatic carbocycles. The number of ketones is 1. The van der Waals surface area contributed by atoms with Crippen molar-refractivity contribution in [1.29, 1.82) is 0 Å². The molecule has 0 fully saturated rings. The molecule has 0 spiro atoms. The molecule has 0 atom stereocenters. The molecule has 0 unspecified atom stereocenters. The molecule has 0 saturated heterocycles. The molecule has 0 bridgehead atoms. The summed E-state index contributed by atoms with van der Waals surface area (Å²) in [7, 11) is 0. The van der Waals surface area contributed by atoms with Crippen molar-refractivity contribution in [2.75, 3.05) is 11.9 Å². The quantitative estimate of drug-likeness (QED) is 0.629. The molecule has 6 nitrogen and oxygen atoms in total. The van der Waals surface area contributed by atoms with Crippen LogP contribution in [0.3, 0.4) is 0 Å². The fraction of sp³-hybridized carbons (Fsp3) is 0.227. The fourth-order valence-corrected chi connectivity index (χ4v) is 2.89. The minimum Gasteiger partial charge on any atom is -0.493 e. The van der Waals surface area contributed by atoms with Crippen molar-refractivity contribution in [1.82, 2.24) is 9.78 Å². The lowest BCUT2D eigenvalue weighted by molar-refractivity contribution is -0.116. The number of hydrogen-bond donors (Lipinski definition) is 1. The molecule has 2 aromatic carbocycles. The van der Waals surface area contributed by atoms with Gasteiger partial charge in [-0.05, 0) is 57.2 Å². The Bertz CT molecular complexity index is 976. The highest BCUT2D eigenvalue weighted by molar-refractivity contribution is 5.94. The van der Waals surface area contributed by atoms with Crippen molar-refractivity contribution in [2.45, 2.75) is 27.2 Å². The summed E-state index contributed by atoms with van der Waals surface area (Å²) in [4.78, 5) is 23.6. The van der Waals surface area contributed by atoms with Gasteiger partial charge < -0.3 is 10.1 Å². The van der Waals surface area contributed by atoms with Crippen molar-refractivity contribution >= 4 is 17.4 Å². The third-order valence-corrected chi connectivity index (χ3v) is 4.42. The van der Waals surface area contributed by atoms with E-state index in [0.717, 1.165) is 22.8 Å². The lowest BCUT2D eigenvalue weighted by atomic mass is 10.1. The number of aromatic nitrogens is 2. The monoisotopic (exact) mass is 377 g/mol. The summed E-state index contributed by atoms with van der Waals surface area (Å²) in [5.74, 6) is 0.494. The maximum Gasteiger partial charge on any atom is 0.227 e. The molecular weight excluding hydrogens is 354 g/mol. The summed E-state index contributed by atoms with van der Waals surface area (Å²) < 4.78 is 7.41. The third-order valence-electron chi connectivity index (χ3n) is 4.42. The van der Waals surface area contributed by atoms with E-state index in [-0.39, 0.29) is 24.7 Å². The van der Waals surface area contributed by atoms with Gasteiger partial charge >= 0.3 is 0 Å². The van der Waals surface area contributed by atoms with Crippen LogP contribution in [0, 0.1) is 13.8 Å². The van der Waals surface area contributed by atoms with Crippen LogP contribution >= 0.6 is 0 Å². The molecule has 3 aromatic rings. The van der Waals surface area contributed by atoms with Crippen LogP contribution < -0.4 is 10.1 Å². The first-order chi connectivity index (χ1) is 13.5. The number of Topliss-reactive ketones (excluding diaryl/α,β-unsaturated/α-hetero) is 1. The number of benzene rings is 2. The van der Waals surface area contributed by atoms with Gasteiger partial charge in [-0.3, -0.25) is 9.59 Å². The number of hydrogen-bond acceptors (Lipinski definition) is 4. The Hall–Kier alpha value is -3.41. The Balaban J connectivity index is 1.58. The van der Waals surface area contributed by atoms with E-state index >= 15 is 0 Å². The van der Waals surface area contributed by atoms with Gasteiger partial charge in [0.15, 0.2) is 5.78 Å². The highest BCUT2D eigenvalue weighted by Gasteiger charge is 2.15. The van der Waals surface area contributed by atoms with Crippen LogP contribution in [0.4, 0.5) is 5.69 Å². The number of carbonyl (C=O) groups excluding carboxylic acids is 2. The Morgan fingerprint density at radius 1 is 1.04 bits per heavy atom. The predicted molar refractivity (Wildman–Crippen MR) is 108 cm³/mol. The average molecular weight is 377 g/mol. The smallest absolute Gasteiger partial charge is 0.227 e. The highest BCUT2D eigenvalue weighted by atomic mass is 16.5. The van der Waals surface area contributed by atoms with Crippen LogP contribution in [-0.2, 0) is 4.79 Å². The standard InChI is InChI=1S/C22H23N3O3/c1-15-22(16(2)25(24-15)19-7-5-4-6-8-19)23-21(27)13-14-28-20-11-9-18(10-12-20)17(3)26/h4-12H,13-14H2,1-3H3,(H,23,27). The Morgan fingerprint density at radius 2 is 1.71 bits per heavy atom. The normalized spacial score (nSPS) is 10.5. The van der Waals surface area contributed by atoms with Crippen LogP contribution in [0.1, 0.15) is 35.1 Å². The van der Waals surface area contributed by atoms with Crippen LogP contribution in [-0.4, -0.2) is 28.1 Å². The molecule has 1 N–H and O–H groups in total. The van der Waals surface area contributed by atoms with Crippen molar-refractivity contribution in [3.8, 4) is 11.4 Å². The molecule has 1 aromatic heterocycles. The van der Waals surface area contributed by atoms with E-state index in [2.05, 4.69) is 10.4 Å². The number of ether oxygens (including phenoxy) is 1. The van der Waals surface area contributed by atoms with E-state index < -0.39 is 0 Å². The molecule has 144 valence electrons. The zero-order valence-corrected chi connectivity index (χ0v) is 16.2. The van der Waals surface area contributed by atoms with E-state index in [4.69, 9.17) is 4.74 Å². The average Bonchev–Trinajstić information content (AvgIpc) is 2.97. The summed E-state index contributed by atoms with van der Waals surface area (Å²) in [6, 6.07) is 16.7. The Kier molecular flexibility index (Phi) is 5.89. The number of para-hydroxylation sites is 1. The number of rotatable bonds is 7. The van der Waals surface area contributed by atoms with Gasteiger partial charge in [-0.1, -0.05) is 18.2 Å². The Morgan fingerprint density at radius 3 is 2.36 bits per heavy atom. The van der Waals surface area contributed by atoms with E-state index in [1.807, 2.05) is 48.9 Å². The third kappa shape index (κ3) is 4.46. The molecule has 0 aliphatic heterocycles. The number of nitrogens with zero attached hydrogens (tertiary/aromatic N) is 2. The number of carbonyl (C=O) groups is 2. The van der Waals surface area contributed by atoms with E-state index in [0.29, 0.717) is 11.3 Å². The first-order valence-corrected chi connectivity index (χ1v) is 9.11. The van der Waals surface area contributed by atoms with Gasteiger partial charge in [0.1, 0.15) is 5.75 Å². The van der Waals surface area contributed by atoms with Gasteiger partial charge in [-0.15, -0.1) is 0 Å². The van der Waals surface area contributed by atoms with Gasteiger partial charge in [-0.25, -0.2) is 4.68 Å². The maximum absolute atomic E-state index is 12.3. The van der Waals surface area contributed by atoms with Gasteiger partial charge in [0.25, 0.3) is 0 Å². The van der Waals surface area contributed by atoms with Crippen LogP contribution in [0.25, 0.3) is 5.69 Å². The topological polar surface area (TPSA) is 73.2 Å². The van der Waals surface area contributed by atoms with Crippen molar-refractivity contribution in [2.24, 2.45) is 0 Å². The molecule has 1 amide bonds. The summed E-state index contributed by atoms with van der Waals surface area (Å²) in [6.45, 7) is 5.56. The number of aryl methyl sites for hydroxylation is 1. The number of anilines is 1. The zero-order chi connectivity index (χ0) is 20.1. The van der Waals surface area contributed by atoms with Gasteiger partial charge in [0, 0.05) is 5.56 Å². The largest absolute Gasteiger partial charge is 0.493 e. The first kappa shape index (κ1) is 19.4. The lowest BCUT2D eigenvalue weighted by Crippen LogP contribution is -2.16. The predicted octanol–water partition coefficient (Wildman–Crippen LogP) is 4.10. The summed E-state index contributed by atoms with van der Waals surface area (Å²) in [5, 5.41) is 7.46. The number of amides is 1. The molecule has 3 rings (SSSR count). The molecule has 28 heavy (non-hydrogen) atoms. The molecule has 6 heteroatoms. The molecule has 0 saturated carbocycles. The fourth-order valence-electron chi connectivity index (χ4n) is 2.89. The van der Waals surface area contributed by atoms with Crippen molar-refractivity contribution in [3.63, 3.8) is 0 Å². The Labute approximate surface area is 164 Å². The second-order valence-corrected chi connectivity index (χ2v) is 6.52. The summed E-state index contributed by atoms with van der Waals surface area (Å²) >= 11 is 0. The SMILES string of the molecule is CC(=O)c1ccc(OCCC(=O)Nc2c(C)nn(-c3ccccc3)c2C)cc1. The first-order valence-electron chi connectivity index (χ1n) is 9.11. The van der Waals surface area contributed by atoms with Gasteiger partial charge in [-0.2, -0.15) is 5.10 Å². The van der Waals surface area contributed by atoms with Gasteiger partial charge in [0.05, 0.1) is 35.8 Å². The maximum atomic E-state index is 12.3. The minimum atomic E-state index is -0.140. The minimum absolute atomic E-state index is 0.00714. The van der Waals surface area contributed by atoms with Crippen molar-refractivity contribution in [3.05, 3.63) is 71.5 Å².